The van der Waals surface area contributed by atoms with Gasteiger partial charge in [0.15, 0.2) is 24.4 Å². The lowest BCUT2D eigenvalue weighted by molar-refractivity contribution is -0.346. The fourth-order valence-electron chi connectivity index (χ4n) is 8.48. The van der Waals surface area contributed by atoms with E-state index in [-0.39, 0.29) is 62.6 Å². The number of fused-ring (bicyclic) bond motifs is 3. The molecule has 0 saturated carbocycles. The maximum Gasteiger partial charge on any atom is 0.348 e. The molecule has 16 heteroatoms. The summed E-state index contributed by atoms with van der Waals surface area (Å²) in [6.45, 7) is 7.48. The maximum absolute atomic E-state index is 13.8. The van der Waals surface area contributed by atoms with Crippen molar-refractivity contribution in [3.8, 4) is 11.5 Å². The van der Waals surface area contributed by atoms with E-state index in [4.69, 9.17) is 51.5 Å². The van der Waals surface area contributed by atoms with Crippen LogP contribution in [0.2, 0.25) is 0 Å². The molecule has 5 heterocycles. The molecule has 316 valence electrons. The quantitative estimate of drug-likeness (QED) is 0.0452. The zero-order chi connectivity index (χ0) is 42.0. The largest absolute Gasteiger partial charge is 0.462 e. The van der Waals surface area contributed by atoms with Crippen LogP contribution in [0.25, 0.3) is 43.5 Å². The van der Waals surface area contributed by atoms with E-state index in [1.165, 1.54) is 7.11 Å². The molecule has 3 fully saturated rings. The molecule has 3 aliphatic rings. The van der Waals surface area contributed by atoms with Crippen LogP contribution in [0.15, 0.2) is 79.1 Å². The summed E-state index contributed by atoms with van der Waals surface area (Å²) in [4.78, 5) is 40.7. The Morgan fingerprint density at radius 1 is 0.767 bits per heavy atom. The van der Waals surface area contributed by atoms with Crippen LogP contribution in [0.3, 0.4) is 0 Å². The van der Waals surface area contributed by atoms with Gasteiger partial charge in [-0.1, -0.05) is 36.4 Å². The topological polar surface area (TPSA) is 201 Å². The smallest absolute Gasteiger partial charge is 0.348 e. The molecule has 0 aliphatic carbocycles. The van der Waals surface area contributed by atoms with Crippen molar-refractivity contribution in [1.29, 1.82) is 0 Å². The van der Waals surface area contributed by atoms with Crippen molar-refractivity contribution in [2.24, 2.45) is 0 Å². The molecule has 9 rings (SSSR count). The monoisotopic (exact) mass is 828 g/mol. The van der Waals surface area contributed by atoms with Gasteiger partial charge < -0.3 is 61.7 Å². The molecule has 6 aromatic rings. The van der Waals surface area contributed by atoms with E-state index in [0.29, 0.717) is 17.6 Å². The number of aliphatic hydroxyl groups excluding tert-OH is 2. The highest BCUT2D eigenvalue weighted by Crippen LogP contribution is 2.45. The van der Waals surface area contributed by atoms with Crippen molar-refractivity contribution in [3.63, 3.8) is 0 Å². The molecule has 0 amide bonds. The van der Waals surface area contributed by atoms with Gasteiger partial charge in [0, 0.05) is 40.8 Å². The third kappa shape index (κ3) is 6.91. The number of aryl methyl sites for hydroxylation is 1. The molecule has 4 aromatic carbocycles. The molecule has 16 nitrogen and oxygen atoms in total. The standard InChI is InChI=1S/C44H44O16/c1-6-51-17-16-27(45)56-35-24-14-13-23(18-25(24)36-30-29-26(55-41(49)31(30)35)15-12-19(2)28(29)40(48)57-36)54-44-39(60-43-33(47)37(50-5)32(46)20(3)52-43)38-34(21(4)53-44)58-42(59-38)22-10-8-7-9-11-22/h7-15,18,20-21,32-34,37-39,42-44,46-47H,6,16-17H2,1-5H3. The Balaban J connectivity index is 1.15. The molecule has 0 bridgehead atoms. The number of esters is 1. The van der Waals surface area contributed by atoms with Gasteiger partial charge in [-0.15, -0.1) is 0 Å². The number of benzene rings is 4. The first-order chi connectivity index (χ1) is 29.0. The van der Waals surface area contributed by atoms with Gasteiger partial charge in [0.2, 0.25) is 6.29 Å². The second-order valence-electron chi connectivity index (χ2n) is 15.2. The molecule has 3 aliphatic heterocycles. The van der Waals surface area contributed by atoms with Crippen LogP contribution in [0, 0.1) is 6.92 Å². The lowest BCUT2D eigenvalue weighted by Gasteiger charge is -2.45. The van der Waals surface area contributed by atoms with E-state index in [1.54, 1.807) is 51.1 Å². The summed E-state index contributed by atoms with van der Waals surface area (Å²) in [7, 11) is 1.37. The predicted octanol–water partition coefficient (Wildman–Crippen LogP) is 4.76. The average molecular weight is 829 g/mol. The number of hydrogen-bond donors (Lipinski definition) is 2. The summed E-state index contributed by atoms with van der Waals surface area (Å²) in [5, 5.41) is 23.2. The molecule has 3 saturated heterocycles. The summed E-state index contributed by atoms with van der Waals surface area (Å²) in [5.41, 5.74) is 0.0981. The lowest BCUT2D eigenvalue weighted by Crippen LogP contribution is -2.63. The van der Waals surface area contributed by atoms with Gasteiger partial charge in [-0.2, -0.15) is 0 Å². The Labute approximate surface area is 341 Å². The molecule has 11 atom stereocenters. The van der Waals surface area contributed by atoms with Gasteiger partial charge in [-0.3, -0.25) is 4.79 Å². The van der Waals surface area contributed by atoms with Gasteiger partial charge in [-0.25, -0.2) is 9.59 Å². The van der Waals surface area contributed by atoms with E-state index in [0.717, 1.165) is 5.56 Å². The Bertz CT molecular complexity index is 2660. The van der Waals surface area contributed by atoms with Crippen LogP contribution < -0.4 is 20.7 Å². The van der Waals surface area contributed by atoms with Gasteiger partial charge in [0.05, 0.1) is 30.6 Å². The van der Waals surface area contributed by atoms with E-state index in [2.05, 4.69) is 0 Å². The maximum atomic E-state index is 13.8. The molecule has 0 radical (unpaired) electrons. The summed E-state index contributed by atoms with van der Waals surface area (Å²) in [6.07, 6.45) is -11.0. The minimum absolute atomic E-state index is 0.0430. The van der Waals surface area contributed by atoms with Crippen LogP contribution in [0.5, 0.6) is 11.5 Å². The number of carbonyl (C=O) groups excluding carboxylic acids is 1. The zero-order valence-corrected chi connectivity index (χ0v) is 33.4. The van der Waals surface area contributed by atoms with E-state index >= 15 is 0 Å². The Hall–Kier alpha value is -5.01. The van der Waals surface area contributed by atoms with Gasteiger partial charge in [-0.05, 0) is 57.5 Å². The number of ether oxygens (including phenoxy) is 9. The molecule has 2 N–H and O–H groups in total. The Kier molecular flexibility index (Phi) is 10.9. The van der Waals surface area contributed by atoms with Gasteiger partial charge in [0.25, 0.3) is 0 Å². The lowest BCUT2D eigenvalue weighted by atomic mass is 9.96. The van der Waals surface area contributed by atoms with E-state index in [9.17, 15) is 24.6 Å². The minimum atomic E-state index is -1.42. The van der Waals surface area contributed by atoms with Crippen LogP contribution >= 0.6 is 0 Å². The number of rotatable bonds is 11. The Morgan fingerprint density at radius 3 is 2.28 bits per heavy atom. The molecule has 60 heavy (non-hydrogen) atoms. The fraction of sp³-hybridized carbons (Fsp3) is 0.432. The first kappa shape index (κ1) is 40.4. The summed E-state index contributed by atoms with van der Waals surface area (Å²) in [6, 6.07) is 17.3. The van der Waals surface area contributed by atoms with Crippen molar-refractivity contribution < 1.29 is 66.5 Å². The molecule has 0 spiro atoms. The van der Waals surface area contributed by atoms with Crippen LogP contribution in [0.4, 0.5) is 0 Å². The van der Waals surface area contributed by atoms with E-state index in [1.807, 2.05) is 37.3 Å². The SMILES string of the molecule is CCOCCC(=O)Oc1c2ccc(OC3OC(C)C4OC(c5ccccc5)OC4C3OC3OC(C)C(O)C(OC)C3O)cc2c2oc(=O)c3c(C)ccc4oc(=O)c1c2c43. The number of methoxy groups -OCH3 is 1. The van der Waals surface area contributed by atoms with Gasteiger partial charge >= 0.3 is 17.2 Å². The third-order valence-corrected chi connectivity index (χ3v) is 11.4. The molecular weight excluding hydrogens is 784 g/mol. The van der Waals surface area contributed by atoms with Gasteiger partial charge in [0.1, 0.15) is 52.8 Å². The number of hydrogen-bond acceptors (Lipinski definition) is 16. The normalized spacial score (nSPS) is 29.4. The number of aliphatic hydroxyl groups is 2. The molecule has 2 aromatic heterocycles. The highest BCUT2D eigenvalue weighted by atomic mass is 16.8. The van der Waals surface area contributed by atoms with Crippen molar-refractivity contribution in [1.82, 2.24) is 0 Å². The van der Waals surface area contributed by atoms with Crippen molar-refractivity contribution in [2.45, 2.75) is 102 Å². The summed E-state index contributed by atoms with van der Waals surface area (Å²) >= 11 is 0. The molecular formula is C44H44O16. The van der Waals surface area contributed by atoms with E-state index < -0.39 is 84.9 Å². The van der Waals surface area contributed by atoms with Crippen LogP contribution in [-0.2, 0) is 38.0 Å². The second-order valence-corrected chi connectivity index (χ2v) is 15.2. The van der Waals surface area contributed by atoms with Crippen molar-refractivity contribution >= 4 is 49.5 Å². The summed E-state index contributed by atoms with van der Waals surface area (Å²) in [5.74, 6) is -0.544. The van der Waals surface area contributed by atoms with Crippen molar-refractivity contribution in [2.75, 3.05) is 20.3 Å². The predicted molar refractivity (Wildman–Crippen MR) is 212 cm³/mol. The minimum Gasteiger partial charge on any atom is -0.462 e. The fourth-order valence-corrected chi connectivity index (χ4v) is 8.48. The Morgan fingerprint density at radius 2 is 1.52 bits per heavy atom. The first-order valence-corrected chi connectivity index (χ1v) is 19.9. The highest BCUT2D eigenvalue weighted by molar-refractivity contribution is 6.28. The second kappa shape index (κ2) is 16.1. The third-order valence-electron chi connectivity index (χ3n) is 11.4. The average Bonchev–Trinajstić information content (AvgIpc) is 3.69. The van der Waals surface area contributed by atoms with Crippen LogP contribution in [0.1, 0.15) is 44.6 Å². The van der Waals surface area contributed by atoms with Crippen molar-refractivity contribution in [3.05, 3.63) is 92.6 Å². The summed E-state index contributed by atoms with van der Waals surface area (Å²) < 4.78 is 66.9. The highest BCUT2D eigenvalue weighted by Gasteiger charge is 2.56. The van der Waals surface area contributed by atoms with Crippen LogP contribution in [-0.4, -0.2) is 97.9 Å². The zero-order valence-electron chi connectivity index (χ0n) is 33.4. The molecule has 11 unspecified atom stereocenters. The first-order valence-electron chi connectivity index (χ1n) is 19.9. The number of carbonyl (C=O) groups is 1.